The largest absolute Gasteiger partial charge is 0.481 e. The standard InChI is InChI=1S/C14H22N2O3S/c1-4-11(9-13(17)18)15-14(19)16(3)10(2)8-12-6-5-7-20-12/h5-7,10-11H,4,8-9H2,1-3H3,(H,15,19)(H,17,18). The average Bonchev–Trinajstić information content (AvgIpc) is 2.89. The number of aliphatic carboxylic acids is 1. The number of hydrogen-bond acceptors (Lipinski definition) is 3. The molecule has 5 nitrogen and oxygen atoms in total. The highest BCUT2D eigenvalue weighted by Gasteiger charge is 2.20. The van der Waals surface area contributed by atoms with E-state index in [-0.39, 0.29) is 24.5 Å². The summed E-state index contributed by atoms with van der Waals surface area (Å²) in [5.41, 5.74) is 0. The Balaban J connectivity index is 2.50. The van der Waals surface area contributed by atoms with Gasteiger partial charge in [0.2, 0.25) is 0 Å². The van der Waals surface area contributed by atoms with Crippen molar-refractivity contribution >= 4 is 23.3 Å². The zero-order chi connectivity index (χ0) is 15.1. The van der Waals surface area contributed by atoms with Gasteiger partial charge in [-0.3, -0.25) is 4.79 Å². The van der Waals surface area contributed by atoms with Crippen LogP contribution in [0.5, 0.6) is 0 Å². The number of carboxylic acid groups (broad SMARTS) is 1. The van der Waals surface area contributed by atoms with Gasteiger partial charge in [0.25, 0.3) is 0 Å². The van der Waals surface area contributed by atoms with Crippen molar-refractivity contribution in [1.29, 1.82) is 0 Å². The second-order valence-electron chi connectivity index (χ2n) is 4.90. The molecule has 0 saturated carbocycles. The fourth-order valence-corrected chi connectivity index (χ4v) is 2.67. The molecular formula is C14H22N2O3S. The van der Waals surface area contributed by atoms with Crippen LogP contribution in [-0.4, -0.2) is 41.1 Å². The Labute approximate surface area is 123 Å². The first-order valence-corrected chi connectivity index (χ1v) is 7.59. The molecule has 2 atom stereocenters. The van der Waals surface area contributed by atoms with Crippen molar-refractivity contribution in [2.75, 3.05) is 7.05 Å². The third-order valence-corrected chi connectivity index (χ3v) is 4.20. The van der Waals surface area contributed by atoms with Gasteiger partial charge in [-0.25, -0.2) is 4.79 Å². The van der Waals surface area contributed by atoms with Crippen LogP contribution in [0.1, 0.15) is 31.6 Å². The molecule has 1 aromatic heterocycles. The van der Waals surface area contributed by atoms with E-state index >= 15 is 0 Å². The van der Waals surface area contributed by atoms with Gasteiger partial charge in [0.15, 0.2) is 0 Å². The van der Waals surface area contributed by atoms with Crippen molar-refractivity contribution in [3.8, 4) is 0 Å². The van der Waals surface area contributed by atoms with Crippen LogP contribution < -0.4 is 5.32 Å². The molecule has 2 N–H and O–H groups in total. The van der Waals surface area contributed by atoms with Crippen molar-refractivity contribution in [3.05, 3.63) is 22.4 Å². The van der Waals surface area contributed by atoms with E-state index < -0.39 is 5.97 Å². The van der Waals surface area contributed by atoms with Crippen LogP contribution in [0.15, 0.2) is 17.5 Å². The first-order valence-electron chi connectivity index (χ1n) is 6.71. The summed E-state index contributed by atoms with van der Waals surface area (Å²) >= 11 is 1.67. The molecule has 0 aliphatic heterocycles. The predicted molar refractivity (Wildman–Crippen MR) is 80.1 cm³/mol. The first-order chi connectivity index (χ1) is 9.43. The molecule has 2 unspecified atom stereocenters. The number of thiophene rings is 1. The maximum absolute atomic E-state index is 12.1. The second kappa shape index (κ2) is 7.89. The van der Waals surface area contributed by atoms with Gasteiger partial charge in [0.05, 0.1) is 6.42 Å². The lowest BCUT2D eigenvalue weighted by Gasteiger charge is -2.27. The summed E-state index contributed by atoms with van der Waals surface area (Å²) in [4.78, 5) is 25.7. The predicted octanol–water partition coefficient (Wildman–Crippen LogP) is 2.57. The van der Waals surface area contributed by atoms with Crippen LogP contribution >= 0.6 is 11.3 Å². The van der Waals surface area contributed by atoms with Gasteiger partial charge >= 0.3 is 12.0 Å². The van der Waals surface area contributed by atoms with E-state index in [0.717, 1.165) is 6.42 Å². The highest BCUT2D eigenvalue weighted by atomic mass is 32.1. The normalized spacial score (nSPS) is 13.6. The summed E-state index contributed by atoms with van der Waals surface area (Å²) in [7, 11) is 1.74. The lowest BCUT2D eigenvalue weighted by molar-refractivity contribution is -0.137. The van der Waals surface area contributed by atoms with Crippen molar-refractivity contribution in [2.45, 2.75) is 45.2 Å². The van der Waals surface area contributed by atoms with E-state index in [0.29, 0.717) is 6.42 Å². The molecule has 0 aliphatic carbocycles. The van der Waals surface area contributed by atoms with Gasteiger partial charge in [0, 0.05) is 30.4 Å². The monoisotopic (exact) mass is 298 g/mol. The van der Waals surface area contributed by atoms with Crippen molar-refractivity contribution in [2.24, 2.45) is 0 Å². The van der Waals surface area contributed by atoms with E-state index in [1.807, 2.05) is 31.4 Å². The third kappa shape index (κ3) is 5.21. The molecule has 1 aromatic rings. The van der Waals surface area contributed by atoms with E-state index in [1.165, 1.54) is 4.88 Å². The quantitative estimate of drug-likeness (QED) is 0.813. The lowest BCUT2D eigenvalue weighted by Crippen LogP contribution is -2.47. The van der Waals surface area contributed by atoms with Gasteiger partial charge in [-0.2, -0.15) is 0 Å². The fraction of sp³-hybridized carbons (Fsp3) is 0.571. The Kier molecular flexibility index (Phi) is 6.51. The fourth-order valence-electron chi connectivity index (χ4n) is 1.84. The molecule has 0 bridgehead atoms. The van der Waals surface area contributed by atoms with Crippen molar-refractivity contribution in [1.82, 2.24) is 10.2 Å². The number of urea groups is 1. The minimum Gasteiger partial charge on any atom is -0.481 e. The summed E-state index contributed by atoms with van der Waals surface area (Å²) in [6.45, 7) is 3.85. The maximum Gasteiger partial charge on any atom is 0.317 e. The van der Waals surface area contributed by atoms with Crippen LogP contribution in [0.4, 0.5) is 4.79 Å². The molecule has 2 amide bonds. The van der Waals surface area contributed by atoms with E-state index in [4.69, 9.17) is 5.11 Å². The van der Waals surface area contributed by atoms with Gasteiger partial charge in [-0.15, -0.1) is 11.3 Å². The number of nitrogens with one attached hydrogen (secondary N) is 1. The molecule has 0 aromatic carbocycles. The Hall–Kier alpha value is -1.56. The molecule has 1 rings (SSSR count). The average molecular weight is 298 g/mol. The van der Waals surface area contributed by atoms with Crippen LogP contribution in [0.3, 0.4) is 0 Å². The van der Waals surface area contributed by atoms with Gasteiger partial charge in [-0.05, 0) is 24.8 Å². The summed E-state index contributed by atoms with van der Waals surface area (Å²) < 4.78 is 0. The number of nitrogens with zero attached hydrogens (tertiary/aromatic N) is 1. The molecule has 0 radical (unpaired) electrons. The Morgan fingerprint density at radius 3 is 2.70 bits per heavy atom. The van der Waals surface area contributed by atoms with Crippen LogP contribution in [0, 0.1) is 0 Å². The lowest BCUT2D eigenvalue weighted by atomic mass is 10.1. The van der Waals surface area contributed by atoms with Gasteiger partial charge < -0.3 is 15.3 Å². The molecule has 0 aliphatic rings. The molecule has 1 heterocycles. The number of carbonyl (C=O) groups excluding carboxylic acids is 1. The molecular weight excluding hydrogens is 276 g/mol. The number of carbonyl (C=O) groups is 2. The highest BCUT2D eigenvalue weighted by molar-refractivity contribution is 7.09. The van der Waals surface area contributed by atoms with Crippen LogP contribution in [0.2, 0.25) is 0 Å². The summed E-state index contributed by atoms with van der Waals surface area (Å²) in [6.07, 6.45) is 1.36. The number of carboxylic acids is 1. The van der Waals surface area contributed by atoms with Crippen LogP contribution in [-0.2, 0) is 11.2 Å². The van der Waals surface area contributed by atoms with Gasteiger partial charge in [0.1, 0.15) is 0 Å². The van der Waals surface area contributed by atoms with Crippen LogP contribution in [0.25, 0.3) is 0 Å². The van der Waals surface area contributed by atoms with Gasteiger partial charge in [-0.1, -0.05) is 13.0 Å². The SMILES string of the molecule is CCC(CC(=O)O)NC(=O)N(C)C(C)Cc1cccs1. The van der Waals surface area contributed by atoms with Crippen molar-refractivity contribution < 1.29 is 14.7 Å². The minimum absolute atomic E-state index is 0.0462. The number of hydrogen-bond donors (Lipinski definition) is 2. The third-order valence-electron chi connectivity index (χ3n) is 3.30. The summed E-state index contributed by atoms with van der Waals surface area (Å²) in [5.74, 6) is -0.897. The smallest absolute Gasteiger partial charge is 0.317 e. The molecule has 0 saturated heterocycles. The summed E-state index contributed by atoms with van der Waals surface area (Å²) in [5, 5.41) is 13.6. The zero-order valence-corrected chi connectivity index (χ0v) is 12.9. The Morgan fingerprint density at radius 1 is 1.50 bits per heavy atom. The molecule has 112 valence electrons. The second-order valence-corrected chi connectivity index (χ2v) is 5.93. The first kappa shape index (κ1) is 16.5. The number of rotatable bonds is 7. The molecule has 20 heavy (non-hydrogen) atoms. The minimum atomic E-state index is -0.897. The Morgan fingerprint density at radius 2 is 2.20 bits per heavy atom. The van der Waals surface area contributed by atoms with Crippen molar-refractivity contribution in [3.63, 3.8) is 0 Å². The maximum atomic E-state index is 12.1. The molecule has 0 spiro atoms. The zero-order valence-electron chi connectivity index (χ0n) is 12.1. The summed E-state index contributed by atoms with van der Waals surface area (Å²) in [6, 6.07) is 3.56. The Bertz CT molecular complexity index is 434. The van der Waals surface area contributed by atoms with E-state index in [9.17, 15) is 9.59 Å². The van der Waals surface area contributed by atoms with E-state index in [2.05, 4.69) is 5.32 Å². The number of amides is 2. The topological polar surface area (TPSA) is 69.6 Å². The highest BCUT2D eigenvalue weighted by Crippen LogP contribution is 2.13. The molecule has 0 fully saturated rings. The van der Waals surface area contributed by atoms with E-state index in [1.54, 1.807) is 23.3 Å². The molecule has 6 heteroatoms. The number of likely N-dealkylation sites (N-methyl/N-ethyl adjacent to an activating group) is 1.